The SMILES string of the molecule is O=C1CCC(N2C(=O)c3cccc(NC4CCN(CCOCCOCCNC(=O)c5ccc(-n6cc(NC(=O)c7coc(-c8ccnc(NCC9CC9)c8)n7)c(C(F)F)n6)cc5)CC4)c3C2=O)C(=O)N1. The zero-order valence-electron chi connectivity index (χ0n) is 38.0. The van der Waals surface area contributed by atoms with Crippen molar-refractivity contribution in [2.45, 2.75) is 57.0 Å². The van der Waals surface area contributed by atoms with Crippen LogP contribution >= 0.6 is 0 Å². The molecule has 1 unspecified atom stereocenters. The molecule has 22 heteroatoms. The molecule has 0 radical (unpaired) electrons. The second-order valence-corrected chi connectivity index (χ2v) is 17.4. The predicted molar refractivity (Wildman–Crippen MR) is 248 cm³/mol. The van der Waals surface area contributed by atoms with Gasteiger partial charge in [0, 0.05) is 68.2 Å². The number of benzene rings is 2. The van der Waals surface area contributed by atoms with Crippen LogP contribution in [0.25, 0.3) is 17.1 Å². The van der Waals surface area contributed by atoms with Gasteiger partial charge in [0.15, 0.2) is 11.4 Å². The highest BCUT2D eigenvalue weighted by Gasteiger charge is 2.46. The summed E-state index contributed by atoms with van der Waals surface area (Å²) in [5.74, 6) is -1.80. The van der Waals surface area contributed by atoms with E-state index in [0.29, 0.717) is 54.1 Å². The van der Waals surface area contributed by atoms with Crippen LogP contribution in [0, 0.1) is 5.92 Å². The van der Waals surface area contributed by atoms with Crippen LogP contribution in [-0.2, 0) is 19.1 Å². The molecule has 3 fully saturated rings. The van der Waals surface area contributed by atoms with E-state index in [-0.39, 0.29) is 66.3 Å². The van der Waals surface area contributed by atoms with Crippen LogP contribution in [-0.4, -0.2) is 136 Å². The maximum atomic E-state index is 14.1. The summed E-state index contributed by atoms with van der Waals surface area (Å²) in [6.07, 6.45) is 5.14. The first-order chi connectivity index (χ1) is 34.0. The minimum Gasteiger partial charge on any atom is -0.444 e. The van der Waals surface area contributed by atoms with Crippen LogP contribution < -0.4 is 26.6 Å². The molecule has 70 heavy (non-hydrogen) atoms. The molecule has 2 aromatic carbocycles. The van der Waals surface area contributed by atoms with Gasteiger partial charge < -0.3 is 40.1 Å². The minimum atomic E-state index is -3.00. The Labute approximate surface area is 399 Å². The summed E-state index contributed by atoms with van der Waals surface area (Å²) in [4.78, 5) is 88.5. The number of hydrogen-bond donors (Lipinski definition) is 5. The fourth-order valence-corrected chi connectivity index (χ4v) is 8.48. The van der Waals surface area contributed by atoms with Crippen LogP contribution in [0.1, 0.15) is 92.2 Å². The molecule has 1 atom stereocenters. The average molecular weight is 964 g/mol. The van der Waals surface area contributed by atoms with Crippen molar-refractivity contribution in [2.75, 3.05) is 75.1 Å². The van der Waals surface area contributed by atoms with Gasteiger partial charge in [-0.3, -0.25) is 39.0 Å². The van der Waals surface area contributed by atoms with Gasteiger partial charge in [-0.25, -0.2) is 23.4 Å². The van der Waals surface area contributed by atoms with Gasteiger partial charge in [0.05, 0.1) is 55.1 Å². The van der Waals surface area contributed by atoms with Gasteiger partial charge in [0.1, 0.15) is 18.1 Å². The lowest BCUT2D eigenvalue weighted by atomic mass is 10.0. The van der Waals surface area contributed by atoms with Crippen LogP contribution in [0.15, 0.2) is 77.7 Å². The van der Waals surface area contributed by atoms with E-state index in [9.17, 15) is 37.5 Å². The summed E-state index contributed by atoms with van der Waals surface area (Å²) in [6.45, 7) is 4.83. The maximum absolute atomic E-state index is 14.1. The van der Waals surface area contributed by atoms with E-state index in [2.05, 4.69) is 46.6 Å². The van der Waals surface area contributed by atoms with Gasteiger partial charge >= 0.3 is 0 Å². The predicted octanol–water partition coefficient (Wildman–Crippen LogP) is 4.67. The Morgan fingerprint density at radius 2 is 1.67 bits per heavy atom. The van der Waals surface area contributed by atoms with E-state index in [1.165, 1.54) is 35.9 Å². The number of carbonyl (C=O) groups is 6. The largest absolute Gasteiger partial charge is 0.444 e. The smallest absolute Gasteiger partial charge is 0.284 e. The number of oxazole rings is 1. The Morgan fingerprint density at radius 1 is 0.886 bits per heavy atom. The highest BCUT2D eigenvalue weighted by Crippen LogP contribution is 2.34. The number of amides is 6. The monoisotopic (exact) mass is 963 g/mol. The Bertz CT molecular complexity index is 2750. The number of nitrogens with one attached hydrogen (secondary N) is 5. The molecule has 1 saturated carbocycles. The number of piperidine rings is 2. The van der Waals surface area contributed by atoms with Crippen molar-refractivity contribution >= 4 is 52.6 Å². The third-order valence-electron chi connectivity index (χ3n) is 12.5. The van der Waals surface area contributed by atoms with Crippen LogP contribution in [0.3, 0.4) is 0 Å². The Morgan fingerprint density at radius 3 is 2.43 bits per heavy atom. The lowest BCUT2D eigenvalue weighted by Gasteiger charge is -2.33. The highest BCUT2D eigenvalue weighted by atomic mass is 19.3. The number of aromatic nitrogens is 4. The number of fused-ring (bicyclic) bond motifs is 1. The van der Waals surface area contributed by atoms with E-state index >= 15 is 0 Å². The van der Waals surface area contributed by atoms with Crippen LogP contribution in [0.4, 0.5) is 26.0 Å². The van der Waals surface area contributed by atoms with Gasteiger partial charge in [-0.2, -0.15) is 5.10 Å². The number of alkyl halides is 2. The van der Waals surface area contributed by atoms with Crippen molar-refractivity contribution in [3.05, 3.63) is 101 Å². The van der Waals surface area contributed by atoms with E-state index in [1.807, 2.05) is 0 Å². The molecule has 4 aliphatic rings. The molecular formula is C48H51F2N11O9. The van der Waals surface area contributed by atoms with Gasteiger partial charge in [0.2, 0.25) is 17.7 Å². The van der Waals surface area contributed by atoms with Crippen LogP contribution in [0.2, 0.25) is 0 Å². The summed E-state index contributed by atoms with van der Waals surface area (Å²) in [6, 6.07) is 13.7. The molecule has 3 aliphatic heterocycles. The molecule has 2 saturated heterocycles. The van der Waals surface area contributed by atoms with Crippen molar-refractivity contribution < 1.29 is 51.4 Å². The topological polar surface area (TPSA) is 244 Å². The molecule has 20 nitrogen and oxygen atoms in total. The standard InChI is InChI=1S/C48H51F2N11O9/c49-42(50)41-35(55-44(64)36-27-70-46(56-36)30-12-15-51-38(24-30)53-25-28-4-5-28)26-60(58-41)32-8-6-29(7-9-32)43(63)52-16-20-68-22-23-69-21-19-59-17-13-31(14-18-59)54-34-3-1-2-33-40(34)48(67)61(47(33)66)37-10-11-39(62)57-45(37)65/h1-3,6-9,12,15,24,26-28,31,37,42,54H,4-5,10-11,13-14,16-23,25H2,(H,51,53)(H,52,63)(H,55,64)(H,57,62,65). The van der Waals surface area contributed by atoms with Crippen molar-refractivity contribution in [1.29, 1.82) is 0 Å². The second kappa shape index (κ2) is 21.5. The fraction of sp³-hybridized carbons (Fsp3) is 0.396. The highest BCUT2D eigenvalue weighted by molar-refractivity contribution is 6.25. The first-order valence-electron chi connectivity index (χ1n) is 23.2. The number of imide groups is 2. The van der Waals surface area contributed by atoms with Crippen molar-refractivity contribution in [1.82, 2.24) is 40.2 Å². The molecule has 9 rings (SSSR count). The molecule has 3 aromatic heterocycles. The molecule has 6 heterocycles. The molecule has 5 aromatic rings. The number of hydrogen-bond acceptors (Lipinski definition) is 15. The lowest BCUT2D eigenvalue weighted by molar-refractivity contribution is -0.136. The first kappa shape index (κ1) is 47.6. The zero-order chi connectivity index (χ0) is 48.7. The number of pyridine rings is 1. The van der Waals surface area contributed by atoms with Gasteiger partial charge in [-0.1, -0.05) is 6.07 Å². The summed E-state index contributed by atoms with van der Waals surface area (Å²) < 4.78 is 46.3. The Kier molecular flexibility index (Phi) is 14.6. The van der Waals surface area contributed by atoms with Crippen molar-refractivity contribution in [3.63, 3.8) is 0 Å². The maximum Gasteiger partial charge on any atom is 0.284 e. The van der Waals surface area contributed by atoms with E-state index in [1.54, 1.807) is 48.7 Å². The van der Waals surface area contributed by atoms with Crippen molar-refractivity contribution in [2.24, 2.45) is 5.92 Å². The molecule has 0 spiro atoms. The lowest BCUT2D eigenvalue weighted by Crippen LogP contribution is -2.54. The van der Waals surface area contributed by atoms with Crippen LogP contribution in [0.5, 0.6) is 0 Å². The van der Waals surface area contributed by atoms with Gasteiger partial charge in [-0.05, 0) is 86.6 Å². The quantitative estimate of drug-likeness (QED) is 0.0496. The summed E-state index contributed by atoms with van der Waals surface area (Å²) in [5.41, 5.74) is 1.37. The number of anilines is 3. The molecule has 5 N–H and O–H groups in total. The third-order valence-corrected chi connectivity index (χ3v) is 12.5. The van der Waals surface area contributed by atoms with Gasteiger partial charge in [0.25, 0.3) is 30.1 Å². The number of likely N-dealkylation sites (tertiary alicyclic amines) is 1. The van der Waals surface area contributed by atoms with Crippen molar-refractivity contribution in [3.8, 4) is 17.1 Å². The van der Waals surface area contributed by atoms with E-state index in [4.69, 9.17) is 13.9 Å². The molecule has 366 valence electrons. The van der Waals surface area contributed by atoms with E-state index < -0.39 is 47.7 Å². The van der Waals surface area contributed by atoms with E-state index in [0.717, 1.165) is 50.2 Å². The summed E-state index contributed by atoms with van der Waals surface area (Å²) in [7, 11) is 0. The van der Waals surface area contributed by atoms with Gasteiger partial charge in [-0.15, -0.1) is 0 Å². The summed E-state index contributed by atoms with van der Waals surface area (Å²) >= 11 is 0. The fourth-order valence-electron chi connectivity index (χ4n) is 8.48. The number of rotatable bonds is 21. The number of halogens is 2. The normalized spacial score (nSPS) is 17.5. The minimum absolute atomic E-state index is 0.0560. The number of nitrogens with zero attached hydrogens (tertiary/aromatic N) is 6. The number of ether oxygens (including phenoxy) is 2. The third kappa shape index (κ3) is 11.2. The number of carbonyl (C=O) groups excluding carboxylic acids is 6. The first-order valence-corrected chi connectivity index (χ1v) is 23.2. The zero-order valence-corrected chi connectivity index (χ0v) is 38.0. The Balaban J connectivity index is 0.652. The molecule has 0 bridgehead atoms. The Hall–Kier alpha value is -7.43. The molecule has 6 amide bonds. The summed E-state index contributed by atoms with van der Waals surface area (Å²) in [5, 5.41) is 18.2. The average Bonchev–Trinajstić information content (AvgIpc) is 3.76. The second-order valence-electron chi connectivity index (χ2n) is 17.4. The molecular weight excluding hydrogens is 913 g/mol. The molecule has 1 aliphatic carbocycles.